The maximum atomic E-state index is 12.3. The minimum absolute atomic E-state index is 0.0775. The molecule has 0 unspecified atom stereocenters. The van der Waals surface area contributed by atoms with Crippen molar-refractivity contribution in [2.45, 2.75) is 13.8 Å². The standard InChI is InChI=1S/C17H23N3O4/c1-12-4-5-14(17(23)24-3)10-15(12)18-16(22)11-19-6-8-20(9-7-19)13(2)21/h4-5,10H,6-9,11H2,1-3H3,(H,18,22)/p+1. The number of anilines is 1. The van der Waals surface area contributed by atoms with Crippen LogP contribution in [0.1, 0.15) is 22.8 Å². The van der Waals surface area contributed by atoms with Crippen LogP contribution in [-0.4, -0.2) is 62.5 Å². The van der Waals surface area contributed by atoms with Crippen molar-refractivity contribution in [2.75, 3.05) is 45.2 Å². The second kappa shape index (κ2) is 7.92. The van der Waals surface area contributed by atoms with Crippen molar-refractivity contribution in [1.82, 2.24) is 4.90 Å². The lowest BCUT2D eigenvalue weighted by molar-refractivity contribution is -0.895. The predicted molar refractivity (Wildman–Crippen MR) is 89.0 cm³/mol. The summed E-state index contributed by atoms with van der Waals surface area (Å²) in [4.78, 5) is 38.1. The molecule has 1 aromatic carbocycles. The lowest BCUT2D eigenvalue weighted by Crippen LogP contribution is -3.15. The number of piperazine rings is 1. The van der Waals surface area contributed by atoms with Gasteiger partial charge in [0.1, 0.15) is 0 Å². The number of rotatable bonds is 4. The number of aryl methyl sites for hydroxylation is 1. The van der Waals surface area contributed by atoms with E-state index in [1.807, 2.05) is 6.92 Å². The minimum Gasteiger partial charge on any atom is -0.465 e. The number of amides is 2. The van der Waals surface area contributed by atoms with Crippen LogP contribution in [0.25, 0.3) is 0 Å². The third kappa shape index (κ3) is 4.55. The summed E-state index contributed by atoms with van der Waals surface area (Å²) < 4.78 is 4.70. The van der Waals surface area contributed by atoms with Crippen molar-refractivity contribution >= 4 is 23.5 Å². The molecule has 1 saturated heterocycles. The highest BCUT2D eigenvalue weighted by atomic mass is 16.5. The quantitative estimate of drug-likeness (QED) is 0.726. The number of hydrogen-bond donors (Lipinski definition) is 2. The van der Waals surface area contributed by atoms with Gasteiger partial charge in [0, 0.05) is 12.6 Å². The van der Waals surface area contributed by atoms with Gasteiger partial charge in [-0.05, 0) is 24.6 Å². The van der Waals surface area contributed by atoms with E-state index in [9.17, 15) is 14.4 Å². The molecule has 0 spiro atoms. The van der Waals surface area contributed by atoms with Crippen LogP contribution < -0.4 is 10.2 Å². The van der Waals surface area contributed by atoms with Crippen LogP contribution >= 0.6 is 0 Å². The largest absolute Gasteiger partial charge is 0.465 e. The van der Waals surface area contributed by atoms with Gasteiger partial charge >= 0.3 is 5.97 Å². The fraction of sp³-hybridized carbons (Fsp3) is 0.471. The lowest BCUT2D eigenvalue weighted by atomic mass is 10.1. The summed E-state index contributed by atoms with van der Waals surface area (Å²) >= 11 is 0. The summed E-state index contributed by atoms with van der Waals surface area (Å²) in [5.41, 5.74) is 1.90. The Labute approximate surface area is 141 Å². The van der Waals surface area contributed by atoms with Crippen molar-refractivity contribution in [2.24, 2.45) is 0 Å². The summed E-state index contributed by atoms with van der Waals surface area (Å²) in [7, 11) is 1.32. The first-order chi connectivity index (χ1) is 11.4. The van der Waals surface area contributed by atoms with Gasteiger partial charge in [0.2, 0.25) is 5.91 Å². The summed E-state index contributed by atoms with van der Waals surface area (Å²) in [5, 5.41) is 2.86. The minimum atomic E-state index is -0.434. The van der Waals surface area contributed by atoms with Crippen LogP contribution in [0, 0.1) is 6.92 Å². The molecular formula is C17H24N3O4+. The normalized spacial score (nSPS) is 15.0. The molecule has 1 aromatic rings. The van der Waals surface area contributed by atoms with Crippen molar-refractivity contribution < 1.29 is 24.0 Å². The molecule has 7 heteroatoms. The van der Waals surface area contributed by atoms with E-state index in [4.69, 9.17) is 4.74 Å². The number of nitrogens with one attached hydrogen (secondary N) is 2. The molecular weight excluding hydrogens is 310 g/mol. The number of methoxy groups -OCH3 is 1. The topological polar surface area (TPSA) is 80.2 Å². The van der Waals surface area contributed by atoms with Gasteiger partial charge in [0.25, 0.3) is 5.91 Å². The fourth-order valence-corrected chi connectivity index (χ4v) is 2.74. The molecule has 1 aliphatic heterocycles. The third-order valence-corrected chi connectivity index (χ3v) is 4.26. The van der Waals surface area contributed by atoms with Crippen LogP contribution in [-0.2, 0) is 14.3 Å². The van der Waals surface area contributed by atoms with E-state index >= 15 is 0 Å². The third-order valence-electron chi connectivity index (χ3n) is 4.26. The average Bonchev–Trinajstić information content (AvgIpc) is 2.56. The van der Waals surface area contributed by atoms with Crippen molar-refractivity contribution in [1.29, 1.82) is 0 Å². The Hall–Kier alpha value is -2.41. The molecule has 24 heavy (non-hydrogen) atoms. The van der Waals surface area contributed by atoms with Gasteiger partial charge in [0.05, 0.1) is 38.9 Å². The van der Waals surface area contributed by atoms with Gasteiger partial charge in [-0.3, -0.25) is 9.59 Å². The molecule has 0 radical (unpaired) electrons. The SMILES string of the molecule is COC(=O)c1ccc(C)c(NC(=O)C[NH+]2CCN(C(C)=O)CC2)c1. The van der Waals surface area contributed by atoms with E-state index in [0.717, 1.165) is 23.6 Å². The first-order valence-corrected chi connectivity index (χ1v) is 7.98. The zero-order chi connectivity index (χ0) is 17.7. The zero-order valence-corrected chi connectivity index (χ0v) is 14.3. The van der Waals surface area contributed by atoms with Crippen LogP contribution in [0.4, 0.5) is 5.69 Å². The van der Waals surface area contributed by atoms with Crippen molar-refractivity contribution in [3.05, 3.63) is 29.3 Å². The molecule has 7 nitrogen and oxygen atoms in total. The number of esters is 1. The van der Waals surface area contributed by atoms with E-state index < -0.39 is 5.97 Å². The second-order valence-corrected chi connectivity index (χ2v) is 6.00. The van der Waals surface area contributed by atoms with E-state index in [2.05, 4.69) is 5.32 Å². The molecule has 2 amide bonds. The summed E-state index contributed by atoms with van der Waals surface area (Å²) in [6, 6.07) is 5.07. The zero-order valence-electron chi connectivity index (χ0n) is 14.3. The molecule has 1 aliphatic rings. The number of nitrogens with zero attached hydrogens (tertiary/aromatic N) is 1. The Morgan fingerprint density at radius 1 is 1.25 bits per heavy atom. The molecule has 0 bridgehead atoms. The van der Waals surface area contributed by atoms with Crippen LogP contribution in [0.2, 0.25) is 0 Å². The average molecular weight is 334 g/mol. The Bertz CT molecular complexity index is 637. The van der Waals surface area contributed by atoms with Crippen LogP contribution in [0.15, 0.2) is 18.2 Å². The number of benzene rings is 1. The van der Waals surface area contributed by atoms with Crippen LogP contribution in [0.3, 0.4) is 0 Å². The number of hydrogen-bond acceptors (Lipinski definition) is 4. The smallest absolute Gasteiger partial charge is 0.337 e. The Morgan fingerprint density at radius 3 is 2.50 bits per heavy atom. The molecule has 0 atom stereocenters. The first-order valence-electron chi connectivity index (χ1n) is 7.98. The van der Waals surface area contributed by atoms with Gasteiger partial charge in [0.15, 0.2) is 6.54 Å². The lowest BCUT2D eigenvalue weighted by Gasteiger charge is -2.31. The highest BCUT2D eigenvalue weighted by Gasteiger charge is 2.23. The highest BCUT2D eigenvalue weighted by molar-refractivity contribution is 5.95. The summed E-state index contributed by atoms with van der Waals surface area (Å²) in [6.45, 7) is 6.64. The van der Waals surface area contributed by atoms with Crippen LogP contribution in [0.5, 0.6) is 0 Å². The van der Waals surface area contributed by atoms with Crippen molar-refractivity contribution in [3.63, 3.8) is 0 Å². The maximum Gasteiger partial charge on any atom is 0.337 e. The molecule has 0 aromatic heterocycles. The molecule has 1 heterocycles. The number of carbonyl (C=O) groups excluding carboxylic acids is 3. The Balaban J connectivity index is 1.93. The Morgan fingerprint density at radius 2 is 1.92 bits per heavy atom. The monoisotopic (exact) mass is 334 g/mol. The van der Waals surface area contributed by atoms with E-state index in [1.54, 1.807) is 30.0 Å². The second-order valence-electron chi connectivity index (χ2n) is 6.00. The van der Waals surface area contributed by atoms with Gasteiger partial charge in [-0.15, -0.1) is 0 Å². The first kappa shape index (κ1) is 17.9. The molecule has 2 rings (SSSR count). The summed E-state index contributed by atoms with van der Waals surface area (Å²) in [5.74, 6) is -0.461. The fourth-order valence-electron chi connectivity index (χ4n) is 2.74. The number of ether oxygens (including phenoxy) is 1. The van der Waals surface area contributed by atoms with Gasteiger partial charge < -0.3 is 19.9 Å². The van der Waals surface area contributed by atoms with Gasteiger partial charge in [-0.1, -0.05) is 6.07 Å². The van der Waals surface area contributed by atoms with Crippen molar-refractivity contribution in [3.8, 4) is 0 Å². The molecule has 0 aliphatic carbocycles. The predicted octanol–water partition coefficient (Wildman–Crippen LogP) is -0.533. The van der Waals surface area contributed by atoms with E-state index in [1.165, 1.54) is 7.11 Å². The van der Waals surface area contributed by atoms with E-state index in [0.29, 0.717) is 30.9 Å². The Kier molecular flexibility index (Phi) is 5.92. The highest BCUT2D eigenvalue weighted by Crippen LogP contribution is 2.17. The molecule has 2 N–H and O–H groups in total. The molecule has 130 valence electrons. The molecule has 0 saturated carbocycles. The summed E-state index contributed by atoms with van der Waals surface area (Å²) in [6.07, 6.45) is 0. The maximum absolute atomic E-state index is 12.3. The van der Waals surface area contributed by atoms with Gasteiger partial charge in [-0.25, -0.2) is 4.79 Å². The number of carbonyl (C=O) groups is 3. The molecule has 1 fully saturated rings. The van der Waals surface area contributed by atoms with Gasteiger partial charge in [-0.2, -0.15) is 0 Å². The van der Waals surface area contributed by atoms with E-state index in [-0.39, 0.29) is 11.8 Å². The number of quaternary nitrogens is 1.